The van der Waals surface area contributed by atoms with Gasteiger partial charge in [-0.25, -0.2) is 13.1 Å². The highest BCUT2D eigenvalue weighted by Gasteiger charge is 2.44. The standard InChI is InChI=1S/C30H41N5O5S/c1-21-20-35(14-16-40-21)27-18-23(17-22-5-11-33(2)28(22)27)32-29(37)25-4-3-24(41(38,39)31-10-15-36)19-26(25)34-12-8-30(6-7-30)9-13-34/h3-4,17-19,21,31,36H,5-16,20H2,1-2H3,(H,32,37)/t21-/m1/s1. The molecule has 1 spiro atoms. The molecule has 4 aliphatic rings. The smallest absolute Gasteiger partial charge is 0.257 e. The first-order chi connectivity index (χ1) is 19.7. The number of nitrogens with zero attached hydrogens (tertiary/aromatic N) is 3. The van der Waals surface area contributed by atoms with Gasteiger partial charge in [0, 0.05) is 52.0 Å². The third-order valence-corrected chi connectivity index (χ3v) is 10.6. The fraction of sp³-hybridized carbons (Fsp3) is 0.567. The van der Waals surface area contributed by atoms with Gasteiger partial charge < -0.3 is 29.9 Å². The number of nitrogens with one attached hydrogen (secondary N) is 2. The van der Waals surface area contributed by atoms with Crippen molar-refractivity contribution in [2.24, 2.45) is 5.41 Å². The molecule has 10 nitrogen and oxygen atoms in total. The number of anilines is 4. The molecule has 1 atom stereocenters. The lowest BCUT2D eigenvalue weighted by Crippen LogP contribution is -2.41. The van der Waals surface area contributed by atoms with E-state index in [1.165, 1.54) is 30.2 Å². The van der Waals surface area contributed by atoms with Crippen LogP contribution in [0.4, 0.5) is 22.7 Å². The van der Waals surface area contributed by atoms with Gasteiger partial charge in [-0.2, -0.15) is 0 Å². The normalized spacial score (nSPS) is 21.7. The Morgan fingerprint density at radius 3 is 2.54 bits per heavy atom. The number of amides is 1. The molecule has 3 aliphatic heterocycles. The Hall–Kier alpha value is -2.86. The van der Waals surface area contributed by atoms with Crippen LogP contribution in [0, 0.1) is 5.41 Å². The van der Waals surface area contributed by atoms with Gasteiger partial charge in [-0.15, -0.1) is 0 Å². The Balaban J connectivity index is 1.32. The molecule has 0 bridgehead atoms. The SMILES string of the molecule is C[C@@H]1CN(c2cc(NC(=O)c3ccc(S(=O)(=O)NCCO)cc3N3CCC4(CC3)CC4)cc3c2N(C)CC3)CCO1. The van der Waals surface area contributed by atoms with Crippen molar-refractivity contribution in [3.63, 3.8) is 0 Å². The Morgan fingerprint density at radius 1 is 1.05 bits per heavy atom. The summed E-state index contributed by atoms with van der Waals surface area (Å²) in [4.78, 5) is 20.7. The van der Waals surface area contributed by atoms with Crippen LogP contribution in [0.25, 0.3) is 0 Å². The number of aliphatic hydroxyl groups is 1. The van der Waals surface area contributed by atoms with Crippen LogP contribution in [0.2, 0.25) is 0 Å². The fourth-order valence-electron chi connectivity index (χ4n) is 6.55. The van der Waals surface area contributed by atoms with Crippen molar-refractivity contribution in [3.05, 3.63) is 41.5 Å². The molecule has 222 valence electrons. The van der Waals surface area contributed by atoms with E-state index in [2.05, 4.69) is 50.8 Å². The molecule has 2 aromatic carbocycles. The van der Waals surface area contributed by atoms with Crippen molar-refractivity contribution in [1.29, 1.82) is 0 Å². The first-order valence-corrected chi connectivity index (χ1v) is 16.2. The number of sulfonamides is 1. The summed E-state index contributed by atoms with van der Waals surface area (Å²) < 4.78 is 34.0. The number of hydrogen-bond donors (Lipinski definition) is 3. The molecule has 11 heteroatoms. The van der Waals surface area contributed by atoms with E-state index in [0.29, 0.717) is 23.3 Å². The van der Waals surface area contributed by atoms with E-state index in [-0.39, 0.29) is 30.1 Å². The number of likely N-dealkylation sites (N-methyl/N-ethyl adjacent to an activating group) is 1. The van der Waals surface area contributed by atoms with Gasteiger partial charge >= 0.3 is 0 Å². The maximum atomic E-state index is 13.9. The summed E-state index contributed by atoms with van der Waals surface area (Å²) in [5.41, 5.74) is 5.80. The summed E-state index contributed by atoms with van der Waals surface area (Å²) in [6.45, 7) is 6.49. The van der Waals surface area contributed by atoms with Crippen molar-refractivity contribution >= 4 is 38.7 Å². The van der Waals surface area contributed by atoms with Crippen LogP contribution < -0.4 is 24.7 Å². The van der Waals surface area contributed by atoms with E-state index in [9.17, 15) is 13.2 Å². The van der Waals surface area contributed by atoms with Crippen molar-refractivity contribution in [1.82, 2.24) is 4.72 Å². The first kappa shape index (κ1) is 28.3. The third kappa shape index (κ3) is 5.77. The van der Waals surface area contributed by atoms with Crippen LogP contribution in [-0.2, 0) is 21.2 Å². The highest BCUT2D eigenvalue weighted by Crippen LogP contribution is 2.54. The second kappa shape index (κ2) is 11.1. The van der Waals surface area contributed by atoms with Crippen molar-refractivity contribution in [2.45, 2.75) is 50.0 Å². The van der Waals surface area contributed by atoms with Gasteiger partial charge in [-0.3, -0.25) is 4.79 Å². The Labute approximate surface area is 242 Å². The summed E-state index contributed by atoms with van der Waals surface area (Å²) in [5, 5.41) is 12.3. The molecule has 6 rings (SSSR count). The lowest BCUT2D eigenvalue weighted by molar-refractivity contribution is 0.0532. The minimum absolute atomic E-state index is 0.0656. The topological polar surface area (TPSA) is 114 Å². The predicted octanol–water partition coefficient (Wildman–Crippen LogP) is 2.81. The molecule has 3 heterocycles. The second-order valence-corrected chi connectivity index (χ2v) is 13.8. The predicted molar refractivity (Wildman–Crippen MR) is 161 cm³/mol. The van der Waals surface area contributed by atoms with Gasteiger partial charge in [0.2, 0.25) is 10.0 Å². The van der Waals surface area contributed by atoms with Gasteiger partial charge in [-0.1, -0.05) is 0 Å². The maximum absolute atomic E-state index is 13.9. The zero-order chi connectivity index (χ0) is 28.8. The number of benzene rings is 2. The van der Waals surface area contributed by atoms with E-state index in [1.54, 1.807) is 12.1 Å². The molecular weight excluding hydrogens is 542 g/mol. The van der Waals surface area contributed by atoms with Crippen LogP contribution in [0.1, 0.15) is 48.5 Å². The largest absolute Gasteiger partial charge is 0.395 e. The summed E-state index contributed by atoms with van der Waals surface area (Å²) >= 11 is 0. The van der Waals surface area contributed by atoms with Crippen LogP contribution in [0.3, 0.4) is 0 Å². The summed E-state index contributed by atoms with van der Waals surface area (Å²) in [7, 11) is -1.71. The van der Waals surface area contributed by atoms with E-state index >= 15 is 0 Å². The van der Waals surface area contributed by atoms with Crippen LogP contribution in [-0.4, -0.2) is 85.1 Å². The van der Waals surface area contributed by atoms with Gasteiger partial charge in [-0.05, 0) is 80.3 Å². The number of ether oxygens (including phenoxy) is 1. The Kier molecular flexibility index (Phi) is 7.65. The molecule has 2 saturated heterocycles. The molecule has 1 aliphatic carbocycles. The average Bonchev–Trinajstić information content (AvgIpc) is 3.62. The molecule has 1 saturated carbocycles. The molecule has 1 amide bonds. The molecule has 0 aromatic heterocycles. The summed E-state index contributed by atoms with van der Waals surface area (Å²) in [5.74, 6) is -0.258. The van der Waals surface area contributed by atoms with Crippen LogP contribution in [0.15, 0.2) is 35.2 Å². The molecule has 3 fully saturated rings. The van der Waals surface area contributed by atoms with Crippen molar-refractivity contribution in [2.75, 3.05) is 79.5 Å². The Morgan fingerprint density at radius 2 is 1.83 bits per heavy atom. The highest BCUT2D eigenvalue weighted by atomic mass is 32.2. The monoisotopic (exact) mass is 583 g/mol. The number of aliphatic hydroxyl groups excluding tert-OH is 1. The molecule has 2 aromatic rings. The van der Waals surface area contributed by atoms with E-state index in [0.717, 1.165) is 63.4 Å². The van der Waals surface area contributed by atoms with E-state index in [4.69, 9.17) is 9.84 Å². The first-order valence-electron chi connectivity index (χ1n) is 14.7. The summed E-state index contributed by atoms with van der Waals surface area (Å²) in [6.07, 6.45) is 5.65. The number of piperidine rings is 1. The Bertz CT molecular complexity index is 1420. The molecule has 0 radical (unpaired) electrons. The van der Waals surface area contributed by atoms with Crippen LogP contribution >= 0.6 is 0 Å². The lowest BCUT2D eigenvalue weighted by Gasteiger charge is -2.35. The number of fused-ring (bicyclic) bond motifs is 1. The number of carbonyl (C=O) groups is 1. The quantitative estimate of drug-likeness (QED) is 0.435. The van der Waals surface area contributed by atoms with Crippen LogP contribution in [0.5, 0.6) is 0 Å². The average molecular weight is 584 g/mol. The molecular formula is C30H41N5O5S. The van der Waals surface area contributed by atoms with Gasteiger partial charge in [0.25, 0.3) is 5.91 Å². The van der Waals surface area contributed by atoms with Gasteiger partial charge in [0.05, 0.1) is 46.8 Å². The van der Waals surface area contributed by atoms with Gasteiger partial charge in [0.15, 0.2) is 0 Å². The van der Waals surface area contributed by atoms with Crippen molar-refractivity contribution in [3.8, 4) is 0 Å². The zero-order valence-electron chi connectivity index (χ0n) is 24.0. The second-order valence-electron chi connectivity index (χ2n) is 12.0. The van der Waals surface area contributed by atoms with Gasteiger partial charge in [0.1, 0.15) is 0 Å². The number of morpholine rings is 1. The summed E-state index contributed by atoms with van der Waals surface area (Å²) in [6, 6.07) is 8.83. The molecule has 41 heavy (non-hydrogen) atoms. The molecule has 3 N–H and O–H groups in total. The number of rotatable bonds is 8. The van der Waals surface area contributed by atoms with E-state index < -0.39 is 10.0 Å². The minimum atomic E-state index is -3.82. The minimum Gasteiger partial charge on any atom is -0.395 e. The number of hydrogen-bond acceptors (Lipinski definition) is 8. The fourth-order valence-corrected chi connectivity index (χ4v) is 7.59. The third-order valence-electron chi connectivity index (χ3n) is 9.16. The molecule has 0 unspecified atom stereocenters. The highest BCUT2D eigenvalue weighted by molar-refractivity contribution is 7.89. The number of carbonyl (C=O) groups excluding carboxylic acids is 1. The lowest BCUT2D eigenvalue weighted by atomic mass is 9.93. The maximum Gasteiger partial charge on any atom is 0.257 e. The zero-order valence-corrected chi connectivity index (χ0v) is 24.8. The van der Waals surface area contributed by atoms with E-state index in [1.807, 2.05) is 0 Å². The van der Waals surface area contributed by atoms with Crippen molar-refractivity contribution < 1.29 is 23.1 Å².